The first-order chi connectivity index (χ1) is 12.3. The van der Waals surface area contributed by atoms with Gasteiger partial charge in [0.1, 0.15) is 5.75 Å². The summed E-state index contributed by atoms with van der Waals surface area (Å²) >= 11 is 0. The third kappa shape index (κ3) is 3.96. The Balaban J connectivity index is 1.72. The van der Waals surface area contributed by atoms with Crippen molar-refractivity contribution in [2.45, 2.75) is 37.5 Å². The van der Waals surface area contributed by atoms with Crippen molar-refractivity contribution in [3.63, 3.8) is 0 Å². The number of benzene rings is 1. The van der Waals surface area contributed by atoms with Crippen molar-refractivity contribution in [2.75, 3.05) is 0 Å². The third-order valence-electron chi connectivity index (χ3n) is 4.36. The zero-order valence-electron chi connectivity index (χ0n) is 13.8. The standard InChI is InChI=1S/C18H18F3N3O2/c19-18(20,21)13-5-1-6-14(10-13)26-15-12(4-2-9-23-15)11-24-16(25)17(22)7-3-8-17/h1-2,4-6,9-10H,3,7-8,11,22H2,(H,24,25). The highest BCUT2D eigenvalue weighted by atomic mass is 19.4. The van der Waals surface area contributed by atoms with E-state index >= 15 is 0 Å². The van der Waals surface area contributed by atoms with Crippen LogP contribution in [0.15, 0.2) is 42.6 Å². The van der Waals surface area contributed by atoms with E-state index in [0.29, 0.717) is 18.4 Å². The topological polar surface area (TPSA) is 77.2 Å². The Morgan fingerprint density at radius 1 is 1.27 bits per heavy atom. The van der Waals surface area contributed by atoms with E-state index in [1.807, 2.05) is 0 Å². The monoisotopic (exact) mass is 365 g/mol. The van der Waals surface area contributed by atoms with E-state index in [0.717, 1.165) is 18.6 Å². The summed E-state index contributed by atoms with van der Waals surface area (Å²) in [4.78, 5) is 16.2. The first kappa shape index (κ1) is 18.2. The van der Waals surface area contributed by atoms with E-state index in [1.54, 1.807) is 12.1 Å². The van der Waals surface area contributed by atoms with Crippen LogP contribution >= 0.6 is 0 Å². The Kier molecular flexibility index (Phi) is 4.86. The van der Waals surface area contributed by atoms with Crippen LogP contribution in [0.1, 0.15) is 30.4 Å². The molecule has 0 bridgehead atoms. The van der Waals surface area contributed by atoms with Gasteiger partial charge >= 0.3 is 6.18 Å². The van der Waals surface area contributed by atoms with Gasteiger partial charge in [0.05, 0.1) is 11.1 Å². The number of aromatic nitrogens is 1. The largest absolute Gasteiger partial charge is 0.439 e. The minimum Gasteiger partial charge on any atom is -0.439 e. The summed E-state index contributed by atoms with van der Waals surface area (Å²) in [5.41, 5.74) is 4.87. The van der Waals surface area contributed by atoms with Gasteiger partial charge in [-0.3, -0.25) is 4.79 Å². The summed E-state index contributed by atoms with van der Waals surface area (Å²) in [6.45, 7) is 0.125. The van der Waals surface area contributed by atoms with E-state index in [1.165, 1.54) is 18.3 Å². The van der Waals surface area contributed by atoms with E-state index in [2.05, 4.69) is 10.3 Å². The lowest BCUT2D eigenvalue weighted by molar-refractivity contribution is -0.137. The SMILES string of the molecule is NC1(C(=O)NCc2cccnc2Oc2cccc(C(F)(F)F)c2)CCC1. The van der Waals surface area contributed by atoms with Crippen LogP contribution in [0.25, 0.3) is 0 Å². The van der Waals surface area contributed by atoms with Gasteiger partial charge in [-0.1, -0.05) is 12.1 Å². The molecule has 1 amide bonds. The summed E-state index contributed by atoms with van der Waals surface area (Å²) < 4.78 is 44.0. The molecule has 0 aliphatic heterocycles. The number of pyridine rings is 1. The Labute approximate surface area is 148 Å². The highest BCUT2D eigenvalue weighted by molar-refractivity contribution is 5.87. The van der Waals surface area contributed by atoms with E-state index in [4.69, 9.17) is 10.5 Å². The van der Waals surface area contributed by atoms with Crippen LogP contribution in [0.4, 0.5) is 13.2 Å². The fourth-order valence-corrected chi connectivity index (χ4v) is 2.63. The Hall–Kier alpha value is -2.61. The predicted octanol–water partition coefficient (Wildman–Crippen LogP) is 3.39. The summed E-state index contributed by atoms with van der Waals surface area (Å²) in [7, 11) is 0. The third-order valence-corrected chi connectivity index (χ3v) is 4.36. The Morgan fingerprint density at radius 3 is 2.69 bits per heavy atom. The molecular weight excluding hydrogens is 347 g/mol. The molecule has 0 unspecified atom stereocenters. The number of nitrogens with two attached hydrogens (primary N) is 1. The second kappa shape index (κ2) is 6.95. The highest BCUT2D eigenvalue weighted by Gasteiger charge is 2.39. The molecule has 0 saturated heterocycles. The second-order valence-electron chi connectivity index (χ2n) is 6.29. The fraction of sp³-hybridized carbons (Fsp3) is 0.333. The van der Waals surface area contributed by atoms with Crippen LogP contribution in [0.2, 0.25) is 0 Å². The zero-order valence-corrected chi connectivity index (χ0v) is 13.8. The molecule has 1 aliphatic rings. The molecule has 1 aromatic carbocycles. The van der Waals surface area contributed by atoms with Crippen molar-refractivity contribution in [3.05, 3.63) is 53.7 Å². The van der Waals surface area contributed by atoms with E-state index in [-0.39, 0.29) is 24.1 Å². The van der Waals surface area contributed by atoms with E-state index < -0.39 is 17.3 Å². The normalized spacial score (nSPS) is 15.8. The molecule has 1 aliphatic carbocycles. The number of rotatable bonds is 5. The molecule has 26 heavy (non-hydrogen) atoms. The number of hydrogen-bond donors (Lipinski definition) is 2. The minimum atomic E-state index is -4.46. The van der Waals surface area contributed by atoms with Crippen molar-refractivity contribution in [1.29, 1.82) is 0 Å². The van der Waals surface area contributed by atoms with Gasteiger partial charge in [0.25, 0.3) is 0 Å². The molecule has 0 radical (unpaired) electrons. The lowest BCUT2D eigenvalue weighted by Gasteiger charge is -2.36. The number of ether oxygens (including phenoxy) is 1. The number of carbonyl (C=O) groups excluding carboxylic acids is 1. The lowest BCUT2D eigenvalue weighted by atomic mass is 9.77. The molecule has 3 rings (SSSR count). The lowest BCUT2D eigenvalue weighted by Crippen LogP contribution is -2.58. The molecular formula is C18H18F3N3O2. The average Bonchev–Trinajstić information content (AvgIpc) is 2.58. The number of nitrogens with zero attached hydrogens (tertiary/aromatic N) is 1. The number of hydrogen-bond acceptors (Lipinski definition) is 4. The zero-order chi connectivity index (χ0) is 18.8. The maximum absolute atomic E-state index is 12.8. The number of carbonyl (C=O) groups is 1. The molecule has 1 saturated carbocycles. The van der Waals surface area contributed by atoms with Crippen LogP contribution in [0, 0.1) is 0 Å². The van der Waals surface area contributed by atoms with E-state index in [9.17, 15) is 18.0 Å². The van der Waals surface area contributed by atoms with Crippen molar-refractivity contribution in [1.82, 2.24) is 10.3 Å². The summed E-state index contributed by atoms with van der Waals surface area (Å²) in [5.74, 6) is -0.107. The van der Waals surface area contributed by atoms with Gasteiger partial charge in [-0.2, -0.15) is 13.2 Å². The van der Waals surface area contributed by atoms with Gasteiger partial charge in [0, 0.05) is 18.3 Å². The van der Waals surface area contributed by atoms with Gasteiger partial charge in [0.2, 0.25) is 11.8 Å². The first-order valence-electron chi connectivity index (χ1n) is 8.14. The van der Waals surface area contributed by atoms with Gasteiger partial charge in [-0.25, -0.2) is 4.98 Å². The fourth-order valence-electron chi connectivity index (χ4n) is 2.63. The molecule has 3 N–H and O–H groups in total. The molecule has 2 aromatic rings. The van der Waals surface area contributed by atoms with Crippen molar-refractivity contribution in [3.8, 4) is 11.6 Å². The van der Waals surface area contributed by atoms with Crippen LogP contribution in [-0.4, -0.2) is 16.4 Å². The molecule has 1 heterocycles. The Morgan fingerprint density at radius 2 is 2.04 bits per heavy atom. The van der Waals surface area contributed by atoms with Gasteiger partial charge in [-0.15, -0.1) is 0 Å². The highest BCUT2D eigenvalue weighted by Crippen LogP contribution is 2.33. The average molecular weight is 365 g/mol. The smallest absolute Gasteiger partial charge is 0.416 e. The molecule has 5 nitrogen and oxygen atoms in total. The second-order valence-corrected chi connectivity index (χ2v) is 6.29. The minimum absolute atomic E-state index is 0.0142. The number of alkyl halides is 3. The first-order valence-corrected chi connectivity index (χ1v) is 8.14. The number of halogens is 3. The molecule has 0 spiro atoms. The van der Waals surface area contributed by atoms with Gasteiger partial charge in [0.15, 0.2) is 0 Å². The predicted molar refractivity (Wildman–Crippen MR) is 88.4 cm³/mol. The molecule has 0 atom stereocenters. The van der Waals surface area contributed by atoms with Crippen LogP contribution < -0.4 is 15.8 Å². The number of nitrogens with one attached hydrogen (secondary N) is 1. The van der Waals surface area contributed by atoms with Crippen LogP contribution in [-0.2, 0) is 17.5 Å². The molecule has 8 heteroatoms. The summed E-state index contributed by atoms with van der Waals surface area (Å²) in [6.07, 6.45) is -0.803. The summed E-state index contributed by atoms with van der Waals surface area (Å²) in [5, 5.41) is 2.74. The van der Waals surface area contributed by atoms with Crippen LogP contribution in [0.3, 0.4) is 0 Å². The molecule has 1 fully saturated rings. The van der Waals surface area contributed by atoms with Crippen LogP contribution in [0.5, 0.6) is 11.6 Å². The van der Waals surface area contributed by atoms with Crippen molar-refractivity contribution >= 4 is 5.91 Å². The number of amides is 1. The van der Waals surface area contributed by atoms with Gasteiger partial charge in [-0.05, 0) is 43.5 Å². The maximum atomic E-state index is 12.8. The maximum Gasteiger partial charge on any atom is 0.416 e. The van der Waals surface area contributed by atoms with Crippen molar-refractivity contribution in [2.24, 2.45) is 5.73 Å². The summed E-state index contributed by atoms with van der Waals surface area (Å²) in [6, 6.07) is 7.88. The van der Waals surface area contributed by atoms with Crippen molar-refractivity contribution < 1.29 is 22.7 Å². The Bertz CT molecular complexity index is 804. The van der Waals surface area contributed by atoms with Gasteiger partial charge < -0.3 is 15.8 Å². The molecule has 1 aromatic heterocycles. The quantitative estimate of drug-likeness (QED) is 0.852. The molecule has 138 valence electrons.